The molecule has 0 bridgehead atoms. The Morgan fingerprint density at radius 1 is 1.08 bits per heavy atom. The third-order valence-electron chi connectivity index (χ3n) is 3.54. The van der Waals surface area contributed by atoms with Gasteiger partial charge in [-0.2, -0.15) is 5.10 Å². The van der Waals surface area contributed by atoms with Crippen molar-refractivity contribution in [1.82, 2.24) is 9.78 Å². The summed E-state index contributed by atoms with van der Waals surface area (Å²) in [4.78, 5) is 24.4. The number of hydrogen-bond donors (Lipinski definition) is 1. The van der Waals surface area contributed by atoms with Crippen LogP contribution in [-0.2, 0) is 0 Å². The Morgan fingerprint density at radius 3 is 2.48 bits per heavy atom. The van der Waals surface area contributed by atoms with E-state index in [1.165, 1.54) is 16.9 Å². The number of aryl methyl sites for hydroxylation is 1. The zero-order valence-electron chi connectivity index (χ0n) is 13.2. The first-order valence-corrected chi connectivity index (χ1v) is 8.13. The molecule has 0 saturated heterocycles. The summed E-state index contributed by atoms with van der Waals surface area (Å²) in [5.74, 6) is -0.603. The third-order valence-corrected chi connectivity index (χ3v) is 4.20. The standard InChI is InChI=1S/C18H13Cl2N3O2/c1-11-2-5-13(10-15(11)20)21-18(25)17-16(24)8-9-23(22-17)14-6-3-12(19)4-7-14/h2-10H,1H3,(H,21,25). The highest BCUT2D eigenvalue weighted by Crippen LogP contribution is 2.20. The molecule has 0 aliphatic heterocycles. The highest BCUT2D eigenvalue weighted by Gasteiger charge is 2.14. The van der Waals surface area contributed by atoms with Crippen LogP contribution in [0.2, 0.25) is 10.0 Å². The first kappa shape index (κ1) is 17.2. The van der Waals surface area contributed by atoms with Crippen LogP contribution in [0.4, 0.5) is 5.69 Å². The van der Waals surface area contributed by atoms with Crippen LogP contribution in [0.15, 0.2) is 59.5 Å². The van der Waals surface area contributed by atoms with Gasteiger partial charge in [0.1, 0.15) is 0 Å². The first-order valence-electron chi connectivity index (χ1n) is 7.37. The molecule has 1 amide bonds. The average molecular weight is 374 g/mol. The Labute approximate surface area is 153 Å². The van der Waals surface area contributed by atoms with Crippen molar-refractivity contribution in [2.24, 2.45) is 0 Å². The minimum atomic E-state index is -0.603. The van der Waals surface area contributed by atoms with Crippen LogP contribution in [0.3, 0.4) is 0 Å². The second kappa shape index (κ2) is 7.09. The molecule has 0 atom stereocenters. The molecular formula is C18H13Cl2N3O2. The van der Waals surface area contributed by atoms with Gasteiger partial charge in [0.2, 0.25) is 5.43 Å². The fraction of sp³-hybridized carbons (Fsp3) is 0.0556. The summed E-state index contributed by atoms with van der Waals surface area (Å²) in [5, 5.41) is 7.87. The highest BCUT2D eigenvalue weighted by atomic mass is 35.5. The fourth-order valence-electron chi connectivity index (χ4n) is 2.16. The monoisotopic (exact) mass is 373 g/mol. The summed E-state index contributed by atoms with van der Waals surface area (Å²) < 4.78 is 1.44. The summed E-state index contributed by atoms with van der Waals surface area (Å²) in [7, 11) is 0. The van der Waals surface area contributed by atoms with Crippen LogP contribution in [-0.4, -0.2) is 15.7 Å². The van der Waals surface area contributed by atoms with Crippen LogP contribution in [0, 0.1) is 6.92 Å². The van der Waals surface area contributed by atoms with E-state index < -0.39 is 11.3 Å². The van der Waals surface area contributed by atoms with Gasteiger partial charge in [-0.15, -0.1) is 0 Å². The highest BCUT2D eigenvalue weighted by molar-refractivity contribution is 6.31. The van der Waals surface area contributed by atoms with E-state index >= 15 is 0 Å². The zero-order chi connectivity index (χ0) is 18.0. The molecule has 0 unspecified atom stereocenters. The van der Waals surface area contributed by atoms with Crippen LogP contribution < -0.4 is 10.7 Å². The van der Waals surface area contributed by atoms with E-state index in [2.05, 4.69) is 10.4 Å². The normalized spacial score (nSPS) is 10.5. The fourth-order valence-corrected chi connectivity index (χ4v) is 2.47. The zero-order valence-corrected chi connectivity index (χ0v) is 14.7. The molecule has 25 heavy (non-hydrogen) atoms. The maximum absolute atomic E-state index is 12.4. The van der Waals surface area contributed by atoms with Crippen LogP contribution in [0.5, 0.6) is 0 Å². The van der Waals surface area contributed by atoms with E-state index in [1.54, 1.807) is 42.5 Å². The number of amides is 1. The molecule has 2 aromatic carbocycles. The second-order valence-corrected chi connectivity index (χ2v) is 6.21. The predicted molar refractivity (Wildman–Crippen MR) is 99.0 cm³/mol. The lowest BCUT2D eigenvalue weighted by Gasteiger charge is -2.09. The number of nitrogens with zero attached hydrogens (tertiary/aromatic N) is 2. The molecule has 126 valence electrons. The van der Waals surface area contributed by atoms with Crippen molar-refractivity contribution in [2.75, 3.05) is 5.32 Å². The van der Waals surface area contributed by atoms with Crippen molar-refractivity contribution in [3.63, 3.8) is 0 Å². The quantitative estimate of drug-likeness (QED) is 0.751. The van der Waals surface area contributed by atoms with E-state index in [9.17, 15) is 9.59 Å². The molecule has 0 fully saturated rings. The van der Waals surface area contributed by atoms with Crippen molar-refractivity contribution in [3.8, 4) is 5.69 Å². The second-order valence-electron chi connectivity index (χ2n) is 5.37. The number of carbonyl (C=O) groups excluding carboxylic acids is 1. The Balaban J connectivity index is 1.91. The number of benzene rings is 2. The molecule has 5 nitrogen and oxygen atoms in total. The van der Waals surface area contributed by atoms with Crippen molar-refractivity contribution in [1.29, 1.82) is 0 Å². The van der Waals surface area contributed by atoms with Crippen LogP contribution >= 0.6 is 23.2 Å². The lowest BCUT2D eigenvalue weighted by Crippen LogP contribution is -2.25. The summed E-state index contributed by atoms with van der Waals surface area (Å²) in [5.41, 5.74) is 1.37. The molecule has 0 aliphatic carbocycles. The van der Waals surface area contributed by atoms with Crippen molar-refractivity contribution in [2.45, 2.75) is 6.92 Å². The number of nitrogens with one attached hydrogen (secondary N) is 1. The van der Waals surface area contributed by atoms with E-state index in [-0.39, 0.29) is 5.69 Å². The topological polar surface area (TPSA) is 64.0 Å². The van der Waals surface area contributed by atoms with Gasteiger partial charge in [-0.1, -0.05) is 29.3 Å². The lowest BCUT2D eigenvalue weighted by molar-refractivity contribution is 0.101. The van der Waals surface area contributed by atoms with Gasteiger partial charge in [-0.25, -0.2) is 4.68 Å². The number of anilines is 1. The molecule has 0 aliphatic rings. The maximum Gasteiger partial charge on any atom is 0.280 e. The van der Waals surface area contributed by atoms with Crippen molar-refractivity contribution < 1.29 is 4.79 Å². The number of hydrogen-bond acceptors (Lipinski definition) is 3. The number of halogens is 2. The van der Waals surface area contributed by atoms with Crippen molar-refractivity contribution >= 4 is 34.8 Å². The molecule has 3 rings (SSSR count). The molecule has 7 heteroatoms. The van der Waals surface area contributed by atoms with Gasteiger partial charge in [0.05, 0.1) is 5.69 Å². The number of carbonyl (C=O) groups is 1. The smallest absolute Gasteiger partial charge is 0.280 e. The van der Waals surface area contributed by atoms with Gasteiger partial charge in [-0.05, 0) is 48.9 Å². The summed E-state index contributed by atoms with van der Waals surface area (Å²) in [6.45, 7) is 1.86. The Bertz CT molecular complexity index is 998. The number of aromatic nitrogens is 2. The van der Waals surface area contributed by atoms with Gasteiger partial charge >= 0.3 is 0 Å². The molecule has 0 radical (unpaired) electrons. The van der Waals surface area contributed by atoms with E-state index in [0.29, 0.717) is 21.4 Å². The molecule has 1 N–H and O–H groups in total. The molecular weight excluding hydrogens is 361 g/mol. The van der Waals surface area contributed by atoms with Gasteiger partial charge in [-0.3, -0.25) is 9.59 Å². The van der Waals surface area contributed by atoms with Crippen molar-refractivity contribution in [3.05, 3.63) is 86.3 Å². The molecule has 1 aromatic heterocycles. The molecule has 3 aromatic rings. The minimum Gasteiger partial charge on any atom is -0.320 e. The third kappa shape index (κ3) is 3.90. The summed E-state index contributed by atoms with van der Waals surface area (Å²) in [6.07, 6.45) is 1.49. The van der Waals surface area contributed by atoms with Gasteiger partial charge in [0.25, 0.3) is 5.91 Å². The number of rotatable bonds is 3. The average Bonchev–Trinajstić information content (AvgIpc) is 2.59. The molecule has 0 saturated carbocycles. The minimum absolute atomic E-state index is 0.214. The van der Waals surface area contributed by atoms with E-state index in [1.807, 2.05) is 6.92 Å². The van der Waals surface area contributed by atoms with Gasteiger partial charge in [0, 0.05) is 28.0 Å². The lowest BCUT2D eigenvalue weighted by atomic mass is 10.2. The van der Waals surface area contributed by atoms with Gasteiger partial charge < -0.3 is 5.32 Å². The van der Waals surface area contributed by atoms with E-state index in [4.69, 9.17) is 23.2 Å². The summed E-state index contributed by atoms with van der Waals surface area (Å²) >= 11 is 11.9. The van der Waals surface area contributed by atoms with Crippen LogP contribution in [0.25, 0.3) is 5.69 Å². The SMILES string of the molecule is Cc1ccc(NC(=O)c2nn(-c3ccc(Cl)cc3)ccc2=O)cc1Cl. The summed E-state index contributed by atoms with van der Waals surface area (Å²) in [6, 6.07) is 13.3. The largest absolute Gasteiger partial charge is 0.320 e. The molecule has 1 heterocycles. The van der Waals surface area contributed by atoms with Crippen LogP contribution in [0.1, 0.15) is 16.1 Å². The predicted octanol–water partition coefficient (Wildman–Crippen LogP) is 4.10. The Kier molecular flexibility index (Phi) is 4.88. The first-order chi connectivity index (χ1) is 11.9. The molecule has 0 spiro atoms. The Hall–Kier alpha value is -2.63. The Morgan fingerprint density at radius 2 is 1.80 bits per heavy atom. The van der Waals surface area contributed by atoms with E-state index in [0.717, 1.165) is 5.56 Å². The maximum atomic E-state index is 12.4. The van der Waals surface area contributed by atoms with Gasteiger partial charge in [0.15, 0.2) is 5.69 Å².